The number of nitrogens with one attached hydrogen (secondary N) is 1. The highest BCUT2D eigenvalue weighted by Gasteiger charge is 2.16. The lowest BCUT2D eigenvalue weighted by Crippen LogP contribution is -2.27. The van der Waals surface area contributed by atoms with Crippen molar-refractivity contribution in [2.75, 3.05) is 0 Å². The van der Waals surface area contributed by atoms with Crippen LogP contribution in [0.5, 0.6) is 0 Å². The standard InChI is InChI=1S/C22H23NO2/c1-16-12-15-21(25-16)17(2)23-22(24)20-11-7-6-10-19(20)14-13-18-8-4-3-5-9-18/h3-12,15,17H,13-14H2,1-2H3,(H,23,24). The first-order valence-corrected chi connectivity index (χ1v) is 8.62. The molecule has 0 bridgehead atoms. The van der Waals surface area contributed by atoms with Crippen molar-refractivity contribution in [3.05, 3.63) is 94.9 Å². The average Bonchev–Trinajstić information content (AvgIpc) is 3.07. The Hall–Kier alpha value is -2.81. The predicted octanol–water partition coefficient (Wildman–Crippen LogP) is 4.86. The Bertz CT molecular complexity index is 836. The summed E-state index contributed by atoms with van der Waals surface area (Å²) in [4.78, 5) is 12.7. The van der Waals surface area contributed by atoms with Gasteiger partial charge in [0.25, 0.3) is 5.91 Å². The lowest BCUT2D eigenvalue weighted by molar-refractivity contribution is 0.0934. The summed E-state index contributed by atoms with van der Waals surface area (Å²) in [6.07, 6.45) is 1.75. The van der Waals surface area contributed by atoms with Crippen LogP contribution in [0.3, 0.4) is 0 Å². The van der Waals surface area contributed by atoms with Gasteiger partial charge in [-0.25, -0.2) is 0 Å². The summed E-state index contributed by atoms with van der Waals surface area (Å²) in [6.45, 7) is 3.83. The summed E-state index contributed by atoms with van der Waals surface area (Å²) in [7, 11) is 0. The molecule has 1 heterocycles. The third-order valence-electron chi connectivity index (χ3n) is 4.32. The van der Waals surface area contributed by atoms with Crippen molar-refractivity contribution < 1.29 is 9.21 Å². The van der Waals surface area contributed by atoms with Crippen LogP contribution in [0.1, 0.15) is 46.0 Å². The van der Waals surface area contributed by atoms with E-state index in [0.29, 0.717) is 0 Å². The van der Waals surface area contributed by atoms with Crippen LogP contribution < -0.4 is 5.32 Å². The summed E-state index contributed by atoms with van der Waals surface area (Å²) in [6, 6.07) is 21.8. The molecule has 0 spiro atoms. The topological polar surface area (TPSA) is 42.2 Å². The minimum Gasteiger partial charge on any atom is -0.464 e. The van der Waals surface area contributed by atoms with E-state index in [1.54, 1.807) is 0 Å². The number of hydrogen-bond acceptors (Lipinski definition) is 2. The van der Waals surface area contributed by atoms with E-state index in [9.17, 15) is 4.79 Å². The Labute approximate surface area is 148 Å². The maximum atomic E-state index is 12.7. The number of hydrogen-bond donors (Lipinski definition) is 1. The smallest absolute Gasteiger partial charge is 0.252 e. The number of aryl methyl sites for hydroxylation is 3. The largest absolute Gasteiger partial charge is 0.464 e. The molecule has 3 nitrogen and oxygen atoms in total. The molecular formula is C22H23NO2. The second kappa shape index (κ2) is 7.84. The highest BCUT2D eigenvalue weighted by atomic mass is 16.3. The number of rotatable bonds is 6. The van der Waals surface area contributed by atoms with Gasteiger partial charge in [0.1, 0.15) is 11.5 Å². The number of amides is 1. The molecule has 1 aromatic heterocycles. The van der Waals surface area contributed by atoms with E-state index in [2.05, 4.69) is 17.4 Å². The summed E-state index contributed by atoms with van der Waals surface area (Å²) >= 11 is 0. The molecule has 1 atom stereocenters. The molecule has 25 heavy (non-hydrogen) atoms. The Morgan fingerprint density at radius 2 is 1.68 bits per heavy atom. The molecule has 3 aromatic rings. The molecule has 1 amide bonds. The number of carbonyl (C=O) groups is 1. The van der Waals surface area contributed by atoms with Crippen LogP contribution in [-0.4, -0.2) is 5.91 Å². The number of carbonyl (C=O) groups excluding carboxylic acids is 1. The average molecular weight is 333 g/mol. The first-order chi connectivity index (χ1) is 12.1. The fourth-order valence-electron chi connectivity index (χ4n) is 2.92. The highest BCUT2D eigenvalue weighted by molar-refractivity contribution is 5.95. The zero-order valence-corrected chi connectivity index (χ0v) is 14.7. The van der Waals surface area contributed by atoms with Crippen LogP contribution in [0.25, 0.3) is 0 Å². The Morgan fingerprint density at radius 3 is 2.40 bits per heavy atom. The van der Waals surface area contributed by atoms with Crippen LogP contribution in [0.15, 0.2) is 71.1 Å². The molecule has 0 fully saturated rings. The molecule has 0 saturated heterocycles. The number of benzene rings is 2. The zero-order valence-electron chi connectivity index (χ0n) is 14.7. The van der Waals surface area contributed by atoms with Gasteiger partial charge in [0, 0.05) is 5.56 Å². The first-order valence-electron chi connectivity index (χ1n) is 8.62. The van der Waals surface area contributed by atoms with Crippen molar-refractivity contribution in [3.63, 3.8) is 0 Å². The molecule has 0 aliphatic rings. The summed E-state index contributed by atoms with van der Waals surface area (Å²) in [5.41, 5.74) is 3.07. The molecule has 0 saturated carbocycles. The van der Waals surface area contributed by atoms with Gasteiger partial charge in [0.15, 0.2) is 0 Å². The molecule has 1 N–H and O–H groups in total. The monoisotopic (exact) mass is 333 g/mol. The molecule has 3 rings (SSSR count). The van der Waals surface area contributed by atoms with Crippen LogP contribution in [-0.2, 0) is 12.8 Å². The molecule has 0 aliphatic carbocycles. The number of furan rings is 1. The maximum absolute atomic E-state index is 12.7. The van der Waals surface area contributed by atoms with Crippen molar-refractivity contribution >= 4 is 5.91 Å². The normalized spacial score (nSPS) is 11.9. The van der Waals surface area contributed by atoms with Gasteiger partial charge in [-0.1, -0.05) is 48.5 Å². The molecular weight excluding hydrogens is 310 g/mol. The predicted molar refractivity (Wildman–Crippen MR) is 99.6 cm³/mol. The summed E-state index contributed by atoms with van der Waals surface area (Å²) < 4.78 is 5.60. The summed E-state index contributed by atoms with van der Waals surface area (Å²) in [5.74, 6) is 1.55. The van der Waals surface area contributed by atoms with E-state index in [1.165, 1.54) is 5.56 Å². The fraction of sp³-hybridized carbons (Fsp3) is 0.227. The Kier molecular flexibility index (Phi) is 5.34. The Morgan fingerprint density at radius 1 is 0.960 bits per heavy atom. The fourth-order valence-corrected chi connectivity index (χ4v) is 2.92. The maximum Gasteiger partial charge on any atom is 0.252 e. The van der Waals surface area contributed by atoms with E-state index in [-0.39, 0.29) is 11.9 Å². The minimum absolute atomic E-state index is 0.0646. The highest BCUT2D eigenvalue weighted by Crippen LogP contribution is 2.18. The second-order valence-corrected chi connectivity index (χ2v) is 6.29. The van der Waals surface area contributed by atoms with Gasteiger partial charge in [-0.05, 0) is 56.0 Å². The van der Waals surface area contributed by atoms with E-state index < -0.39 is 0 Å². The van der Waals surface area contributed by atoms with Crippen molar-refractivity contribution in [2.45, 2.75) is 32.7 Å². The second-order valence-electron chi connectivity index (χ2n) is 6.29. The SMILES string of the molecule is Cc1ccc(C(C)NC(=O)c2ccccc2CCc2ccccc2)o1. The van der Waals surface area contributed by atoms with Gasteiger partial charge in [0.2, 0.25) is 0 Å². The van der Waals surface area contributed by atoms with Crippen molar-refractivity contribution in [1.29, 1.82) is 0 Å². The molecule has 1 unspecified atom stereocenters. The zero-order chi connectivity index (χ0) is 17.6. The Balaban J connectivity index is 1.70. The van der Waals surface area contributed by atoms with Gasteiger partial charge < -0.3 is 9.73 Å². The quantitative estimate of drug-likeness (QED) is 0.699. The van der Waals surface area contributed by atoms with E-state index in [0.717, 1.165) is 35.5 Å². The summed E-state index contributed by atoms with van der Waals surface area (Å²) in [5, 5.41) is 3.03. The van der Waals surface area contributed by atoms with E-state index >= 15 is 0 Å². The third-order valence-corrected chi connectivity index (χ3v) is 4.32. The van der Waals surface area contributed by atoms with E-state index in [4.69, 9.17) is 4.42 Å². The van der Waals surface area contributed by atoms with E-state index in [1.807, 2.05) is 68.4 Å². The molecule has 2 aromatic carbocycles. The third kappa shape index (κ3) is 4.38. The van der Waals surface area contributed by atoms with Crippen molar-refractivity contribution in [1.82, 2.24) is 5.32 Å². The van der Waals surface area contributed by atoms with Crippen LogP contribution in [0.4, 0.5) is 0 Å². The van der Waals surface area contributed by atoms with Crippen molar-refractivity contribution in [2.24, 2.45) is 0 Å². The van der Waals surface area contributed by atoms with Crippen LogP contribution in [0, 0.1) is 6.92 Å². The van der Waals surface area contributed by atoms with Gasteiger partial charge in [0.05, 0.1) is 6.04 Å². The van der Waals surface area contributed by atoms with Gasteiger partial charge in [-0.15, -0.1) is 0 Å². The van der Waals surface area contributed by atoms with Crippen LogP contribution >= 0.6 is 0 Å². The lowest BCUT2D eigenvalue weighted by atomic mass is 9.99. The molecule has 128 valence electrons. The lowest BCUT2D eigenvalue weighted by Gasteiger charge is -2.14. The van der Waals surface area contributed by atoms with Gasteiger partial charge >= 0.3 is 0 Å². The van der Waals surface area contributed by atoms with Crippen LogP contribution in [0.2, 0.25) is 0 Å². The molecule has 0 aliphatic heterocycles. The first kappa shape index (κ1) is 17.0. The minimum atomic E-state index is -0.164. The van der Waals surface area contributed by atoms with Crippen molar-refractivity contribution in [3.8, 4) is 0 Å². The van der Waals surface area contributed by atoms with Gasteiger partial charge in [-0.3, -0.25) is 4.79 Å². The molecule has 3 heteroatoms. The van der Waals surface area contributed by atoms with Gasteiger partial charge in [-0.2, -0.15) is 0 Å². The molecule has 0 radical (unpaired) electrons.